The molecule has 1 heterocycles. The minimum absolute atomic E-state index is 0.688. The molecule has 76 valence electrons. The van der Waals surface area contributed by atoms with E-state index in [1.807, 2.05) is 0 Å². The van der Waals surface area contributed by atoms with Gasteiger partial charge in [0.2, 0.25) is 0 Å². The van der Waals surface area contributed by atoms with E-state index in [0.717, 1.165) is 0 Å². The summed E-state index contributed by atoms with van der Waals surface area (Å²) in [5, 5.41) is 2.92. The number of rotatable bonds is 2. The average molecular weight is 189 g/mol. The maximum Gasteiger partial charge on any atom is 0.0436 e. The van der Waals surface area contributed by atoms with Crippen LogP contribution in [0, 0.1) is 0 Å². The summed E-state index contributed by atoms with van der Waals surface area (Å²) in [4.78, 5) is 0. The van der Waals surface area contributed by atoms with Gasteiger partial charge in [-0.1, -0.05) is 26.0 Å². The maximum atomic E-state index is 2.40. The Labute approximate surface area is 85.7 Å². The fourth-order valence-electron chi connectivity index (χ4n) is 2.22. The minimum Gasteiger partial charge on any atom is -0.351 e. The standard InChI is InChI=1S/C13H19N/c1-4-10(2)12-9-14(3)13-8-6-5-7-11(12)13/h7-10H,4-6H2,1-3H3. The van der Waals surface area contributed by atoms with Crippen molar-refractivity contribution in [2.24, 2.45) is 7.05 Å². The predicted molar refractivity (Wildman–Crippen MR) is 61.5 cm³/mol. The molecule has 1 nitrogen and oxygen atoms in total. The highest BCUT2D eigenvalue weighted by Crippen LogP contribution is 2.14. The van der Waals surface area contributed by atoms with Crippen LogP contribution in [-0.4, -0.2) is 4.57 Å². The van der Waals surface area contributed by atoms with Gasteiger partial charge in [0, 0.05) is 18.6 Å². The molecule has 1 aliphatic carbocycles. The molecule has 1 atom stereocenters. The third-order valence-electron chi connectivity index (χ3n) is 3.30. The van der Waals surface area contributed by atoms with Gasteiger partial charge < -0.3 is 4.57 Å². The molecule has 0 spiro atoms. The lowest BCUT2D eigenvalue weighted by atomic mass is 9.98. The van der Waals surface area contributed by atoms with Gasteiger partial charge in [-0.2, -0.15) is 0 Å². The molecule has 0 saturated carbocycles. The second-order valence-electron chi connectivity index (χ2n) is 4.29. The van der Waals surface area contributed by atoms with Crippen molar-refractivity contribution in [3.63, 3.8) is 0 Å². The van der Waals surface area contributed by atoms with Crippen LogP contribution >= 0.6 is 0 Å². The van der Waals surface area contributed by atoms with Crippen molar-refractivity contribution < 1.29 is 0 Å². The highest BCUT2D eigenvalue weighted by Gasteiger charge is 2.09. The van der Waals surface area contributed by atoms with Crippen LogP contribution in [0.4, 0.5) is 0 Å². The highest BCUT2D eigenvalue weighted by atomic mass is 14.9. The van der Waals surface area contributed by atoms with Crippen LogP contribution < -0.4 is 10.6 Å². The molecule has 0 aromatic carbocycles. The Kier molecular flexibility index (Phi) is 2.49. The van der Waals surface area contributed by atoms with Gasteiger partial charge in [0.1, 0.15) is 0 Å². The molecule has 0 fully saturated rings. The van der Waals surface area contributed by atoms with Crippen LogP contribution in [0.1, 0.15) is 44.6 Å². The molecule has 0 aliphatic heterocycles. The Morgan fingerprint density at radius 3 is 2.79 bits per heavy atom. The van der Waals surface area contributed by atoms with E-state index < -0.39 is 0 Å². The summed E-state index contributed by atoms with van der Waals surface area (Å²) in [7, 11) is 2.15. The first-order valence-electron chi connectivity index (χ1n) is 5.59. The zero-order valence-electron chi connectivity index (χ0n) is 9.38. The van der Waals surface area contributed by atoms with Gasteiger partial charge in [-0.15, -0.1) is 0 Å². The second-order valence-corrected chi connectivity index (χ2v) is 4.29. The van der Waals surface area contributed by atoms with Gasteiger partial charge in [-0.25, -0.2) is 0 Å². The van der Waals surface area contributed by atoms with E-state index in [9.17, 15) is 0 Å². The summed E-state index contributed by atoms with van der Waals surface area (Å²) in [5.41, 5.74) is 1.53. The van der Waals surface area contributed by atoms with E-state index in [2.05, 4.69) is 43.8 Å². The Morgan fingerprint density at radius 1 is 1.36 bits per heavy atom. The average Bonchev–Trinajstić information content (AvgIpc) is 2.56. The molecular weight excluding hydrogens is 170 g/mol. The van der Waals surface area contributed by atoms with E-state index >= 15 is 0 Å². The van der Waals surface area contributed by atoms with Crippen molar-refractivity contribution in [3.8, 4) is 0 Å². The van der Waals surface area contributed by atoms with Crippen molar-refractivity contribution in [1.29, 1.82) is 0 Å². The lowest BCUT2D eigenvalue weighted by Gasteiger charge is -2.06. The zero-order chi connectivity index (χ0) is 10.1. The molecule has 1 aromatic heterocycles. The third kappa shape index (κ3) is 1.41. The molecule has 0 amide bonds. The molecular formula is C13H19N. The molecule has 0 bridgehead atoms. The summed E-state index contributed by atoms with van der Waals surface area (Å²) < 4.78 is 2.27. The molecule has 2 rings (SSSR count). The number of aryl methyl sites for hydroxylation is 1. The van der Waals surface area contributed by atoms with Crippen LogP contribution in [0.3, 0.4) is 0 Å². The van der Waals surface area contributed by atoms with Crippen molar-refractivity contribution in [2.45, 2.75) is 39.0 Å². The Balaban J connectivity index is 2.65. The van der Waals surface area contributed by atoms with Gasteiger partial charge in [0.25, 0.3) is 0 Å². The summed E-state index contributed by atoms with van der Waals surface area (Å²) in [6.45, 7) is 4.58. The minimum atomic E-state index is 0.688. The topological polar surface area (TPSA) is 4.93 Å². The third-order valence-corrected chi connectivity index (χ3v) is 3.30. The molecule has 14 heavy (non-hydrogen) atoms. The highest BCUT2D eigenvalue weighted by molar-refractivity contribution is 5.40. The molecule has 1 heteroatoms. The number of fused-ring (bicyclic) bond motifs is 1. The molecule has 0 radical (unpaired) electrons. The maximum absolute atomic E-state index is 2.40. The summed E-state index contributed by atoms with van der Waals surface area (Å²) in [6, 6.07) is 0. The van der Waals surface area contributed by atoms with E-state index in [-0.39, 0.29) is 0 Å². The molecule has 1 aromatic rings. The van der Waals surface area contributed by atoms with Crippen molar-refractivity contribution in [3.05, 3.63) is 22.3 Å². The van der Waals surface area contributed by atoms with E-state index in [1.165, 1.54) is 35.4 Å². The number of hydrogen-bond acceptors (Lipinski definition) is 0. The SMILES string of the molecule is CCC(C)c1cn(C)c2c1=CCCC=2. The fourth-order valence-corrected chi connectivity index (χ4v) is 2.22. The van der Waals surface area contributed by atoms with E-state index in [0.29, 0.717) is 5.92 Å². The Morgan fingerprint density at radius 2 is 2.07 bits per heavy atom. The molecule has 0 N–H and O–H groups in total. The van der Waals surface area contributed by atoms with Crippen LogP contribution in [0.2, 0.25) is 0 Å². The summed E-state index contributed by atoms with van der Waals surface area (Å²) >= 11 is 0. The van der Waals surface area contributed by atoms with Gasteiger partial charge in [-0.05, 0) is 36.0 Å². The van der Waals surface area contributed by atoms with Crippen molar-refractivity contribution >= 4 is 12.2 Å². The largest absolute Gasteiger partial charge is 0.351 e. The molecule has 0 saturated heterocycles. The number of hydrogen-bond donors (Lipinski definition) is 0. The first kappa shape index (κ1) is 9.57. The smallest absolute Gasteiger partial charge is 0.0436 e. The Bertz CT molecular complexity index is 437. The fraction of sp³-hybridized carbons (Fsp3) is 0.538. The summed E-state index contributed by atoms with van der Waals surface area (Å²) in [5.74, 6) is 0.688. The van der Waals surface area contributed by atoms with Crippen molar-refractivity contribution in [1.82, 2.24) is 4.57 Å². The second kappa shape index (κ2) is 3.64. The first-order valence-corrected chi connectivity index (χ1v) is 5.59. The van der Waals surface area contributed by atoms with Gasteiger partial charge in [-0.3, -0.25) is 0 Å². The van der Waals surface area contributed by atoms with Gasteiger partial charge >= 0.3 is 0 Å². The quantitative estimate of drug-likeness (QED) is 0.669. The summed E-state index contributed by atoms with van der Waals surface area (Å²) in [6.07, 6.45) is 10.7. The lowest BCUT2D eigenvalue weighted by molar-refractivity contribution is 0.727. The monoisotopic (exact) mass is 189 g/mol. The van der Waals surface area contributed by atoms with Crippen LogP contribution in [0.15, 0.2) is 6.20 Å². The molecule has 1 unspecified atom stereocenters. The van der Waals surface area contributed by atoms with E-state index in [4.69, 9.17) is 0 Å². The number of aromatic nitrogens is 1. The normalized spacial score (nSPS) is 16.8. The Hall–Kier alpha value is -0.980. The molecule has 1 aliphatic rings. The first-order chi connectivity index (χ1) is 6.74. The van der Waals surface area contributed by atoms with Gasteiger partial charge in [0.05, 0.1) is 0 Å². The van der Waals surface area contributed by atoms with Crippen LogP contribution in [-0.2, 0) is 7.05 Å². The number of nitrogens with zero attached hydrogens (tertiary/aromatic N) is 1. The van der Waals surface area contributed by atoms with E-state index in [1.54, 1.807) is 0 Å². The van der Waals surface area contributed by atoms with Crippen LogP contribution in [0.25, 0.3) is 12.2 Å². The lowest BCUT2D eigenvalue weighted by Crippen LogP contribution is -2.31. The predicted octanol–water partition coefficient (Wildman–Crippen LogP) is 1.89. The van der Waals surface area contributed by atoms with Gasteiger partial charge in [0.15, 0.2) is 0 Å². The zero-order valence-corrected chi connectivity index (χ0v) is 9.38. The van der Waals surface area contributed by atoms with Crippen LogP contribution in [0.5, 0.6) is 0 Å². The van der Waals surface area contributed by atoms with Crippen molar-refractivity contribution in [2.75, 3.05) is 0 Å².